The Hall–Kier alpha value is -3.03. The molecule has 0 bridgehead atoms. The molecule has 8 heteroatoms. The quantitative estimate of drug-likeness (QED) is 0.481. The number of hydrogen-bond donors (Lipinski definition) is 2. The summed E-state index contributed by atoms with van der Waals surface area (Å²) >= 11 is 0. The third kappa shape index (κ3) is 5.98. The second-order valence-corrected chi connectivity index (χ2v) is 6.76. The summed E-state index contributed by atoms with van der Waals surface area (Å²) in [5.41, 5.74) is 3.02. The minimum Gasteiger partial charge on any atom is -0.497 e. The molecule has 162 valence electrons. The van der Waals surface area contributed by atoms with E-state index in [-0.39, 0.29) is 12.3 Å². The lowest BCUT2D eigenvalue weighted by Crippen LogP contribution is -2.38. The number of methoxy groups -OCH3 is 1. The van der Waals surface area contributed by atoms with Gasteiger partial charge in [0, 0.05) is 31.1 Å². The number of ether oxygens (including phenoxy) is 3. The maximum Gasteiger partial charge on any atom is 0.387 e. The Morgan fingerprint density at radius 2 is 2.07 bits per heavy atom. The van der Waals surface area contributed by atoms with E-state index >= 15 is 0 Å². The van der Waals surface area contributed by atoms with Gasteiger partial charge in [0.05, 0.1) is 20.3 Å². The SMILES string of the molecule is CCNC(=NCc1ccc(OC)cc1OC(F)F)NCCc1ccc2c(c1)CCO2. The summed E-state index contributed by atoms with van der Waals surface area (Å²) in [6.07, 6.45) is 1.78. The van der Waals surface area contributed by atoms with Gasteiger partial charge in [-0.2, -0.15) is 8.78 Å². The van der Waals surface area contributed by atoms with Crippen molar-refractivity contribution in [2.45, 2.75) is 32.9 Å². The summed E-state index contributed by atoms with van der Waals surface area (Å²) in [5.74, 6) is 2.09. The van der Waals surface area contributed by atoms with Crippen molar-refractivity contribution in [2.24, 2.45) is 4.99 Å². The van der Waals surface area contributed by atoms with Gasteiger partial charge in [0.2, 0.25) is 0 Å². The largest absolute Gasteiger partial charge is 0.497 e. The topological polar surface area (TPSA) is 64.1 Å². The van der Waals surface area contributed by atoms with E-state index in [1.807, 2.05) is 13.0 Å². The predicted molar refractivity (Wildman–Crippen MR) is 112 cm³/mol. The van der Waals surface area contributed by atoms with Crippen molar-refractivity contribution < 1.29 is 23.0 Å². The van der Waals surface area contributed by atoms with Gasteiger partial charge in [-0.25, -0.2) is 4.99 Å². The maximum absolute atomic E-state index is 12.7. The summed E-state index contributed by atoms with van der Waals surface area (Å²) < 4.78 is 40.7. The lowest BCUT2D eigenvalue weighted by molar-refractivity contribution is -0.0505. The molecule has 0 atom stereocenters. The lowest BCUT2D eigenvalue weighted by Gasteiger charge is -2.14. The van der Waals surface area contributed by atoms with Crippen molar-refractivity contribution in [3.63, 3.8) is 0 Å². The molecule has 1 aliphatic rings. The van der Waals surface area contributed by atoms with Crippen LogP contribution in [0.5, 0.6) is 17.2 Å². The van der Waals surface area contributed by atoms with Crippen LogP contribution in [0.4, 0.5) is 8.78 Å². The molecule has 0 saturated heterocycles. The zero-order chi connectivity index (χ0) is 21.3. The first kappa shape index (κ1) is 21.7. The van der Waals surface area contributed by atoms with Crippen LogP contribution >= 0.6 is 0 Å². The molecule has 6 nitrogen and oxygen atoms in total. The molecule has 0 amide bonds. The second-order valence-electron chi connectivity index (χ2n) is 6.76. The maximum atomic E-state index is 12.7. The molecule has 3 rings (SSSR count). The van der Waals surface area contributed by atoms with E-state index in [1.54, 1.807) is 12.1 Å². The highest BCUT2D eigenvalue weighted by molar-refractivity contribution is 5.79. The fourth-order valence-corrected chi connectivity index (χ4v) is 3.22. The first-order chi connectivity index (χ1) is 14.6. The Balaban J connectivity index is 1.61. The van der Waals surface area contributed by atoms with Crippen LogP contribution < -0.4 is 24.8 Å². The van der Waals surface area contributed by atoms with Gasteiger partial charge in [-0.15, -0.1) is 0 Å². The van der Waals surface area contributed by atoms with E-state index in [0.29, 0.717) is 30.4 Å². The first-order valence-electron chi connectivity index (χ1n) is 9.97. The van der Waals surface area contributed by atoms with Gasteiger partial charge in [-0.1, -0.05) is 12.1 Å². The van der Waals surface area contributed by atoms with Crippen molar-refractivity contribution in [3.05, 3.63) is 53.1 Å². The van der Waals surface area contributed by atoms with Crippen molar-refractivity contribution in [3.8, 4) is 17.2 Å². The van der Waals surface area contributed by atoms with Gasteiger partial charge in [0.15, 0.2) is 5.96 Å². The van der Waals surface area contributed by atoms with Gasteiger partial charge in [0.1, 0.15) is 17.2 Å². The van der Waals surface area contributed by atoms with Gasteiger partial charge in [-0.3, -0.25) is 0 Å². The highest BCUT2D eigenvalue weighted by atomic mass is 19.3. The third-order valence-electron chi connectivity index (χ3n) is 4.70. The van der Waals surface area contributed by atoms with E-state index in [9.17, 15) is 8.78 Å². The molecule has 0 aliphatic carbocycles. The lowest BCUT2D eigenvalue weighted by atomic mass is 10.1. The predicted octanol–water partition coefficient (Wildman–Crippen LogP) is 3.53. The molecule has 0 unspecified atom stereocenters. The fourth-order valence-electron chi connectivity index (χ4n) is 3.22. The van der Waals surface area contributed by atoms with Crippen LogP contribution in [-0.4, -0.2) is 39.4 Å². The number of nitrogens with one attached hydrogen (secondary N) is 2. The highest BCUT2D eigenvalue weighted by Gasteiger charge is 2.13. The van der Waals surface area contributed by atoms with Crippen molar-refractivity contribution in [2.75, 3.05) is 26.8 Å². The number of fused-ring (bicyclic) bond motifs is 1. The minimum absolute atomic E-state index is 0.0595. The molecule has 0 fully saturated rings. The molecular formula is C22H27F2N3O3. The summed E-state index contributed by atoms with van der Waals surface area (Å²) in [7, 11) is 1.47. The monoisotopic (exact) mass is 419 g/mol. The van der Waals surface area contributed by atoms with Gasteiger partial charge >= 0.3 is 6.61 Å². The number of benzene rings is 2. The molecule has 2 aromatic carbocycles. The Bertz CT molecular complexity index is 875. The van der Waals surface area contributed by atoms with Gasteiger partial charge < -0.3 is 24.8 Å². The normalized spacial score (nSPS) is 13.0. The summed E-state index contributed by atoms with van der Waals surface area (Å²) in [4.78, 5) is 4.50. The molecule has 2 N–H and O–H groups in total. The number of rotatable bonds is 9. The Kier molecular flexibility index (Phi) is 7.70. The Morgan fingerprint density at radius 3 is 2.83 bits per heavy atom. The second kappa shape index (κ2) is 10.7. The number of guanidine groups is 1. The van der Waals surface area contributed by atoms with Gasteiger partial charge in [0.25, 0.3) is 0 Å². The van der Waals surface area contributed by atoms with E-state index in [1.165, 1.54) is 24.3 Å². The molecular weight excluding hydrogens is 392 g/mol. The van der Waals surface area contributed by atoms with E-state index in [4.69, 9.17) is 9.47 Å². The van der Waals surface area contributed by atoms with Crippen LogP contribution in [0.1, 0.15) is 23.6 Å². The van der Waals surface area contributed by atoms with Gasteiger partial charge in [-0.05, 0) is 42.7 Å². The summed E-state index contributed by atoms with van der Waals surface area (Å²) in [6.45, 7) is 1.37. The van der Waals surface area contributed by atoms with Crippen LogP contribution in [0, 0.1) is 0 Å². The molecule has 30 heavy (non-hydrogen) atoms. The highest BCUT2D eigenvalue weighted by Crippen LogP contribution is 2.27. The average molecular weight is 419 g/mol. The zero-order valence-electron chi connectivity index (χ0n) is 17.2. The van der Waals surface area contributed by atoms with Crippen LogP contribution in [0.15, 0.2) is 41.4 Å². The molecule has 0 radical (unpaired) electrons. The molecule has 0 saturated carbocycles. The standard InChI is InChI=1S/C22H27F2N3O3/c1-3-25-22(26-10-8-15-4-7-19-16(12-15)9-11-29-19)27-14-17-5-6-18(28-2)13-20(17)30-21(23)24/h4-7,12-13,21H,3,8-11,14H2,1-2H3,(H2,25,26,27). The minimum atomic E-state index is -2.91. The Labute approximate surface area is 175 Å². The van der Waals surface area contributed by atoms with Crippen molar-refractivity contribution in [1.29, 1.82) is 0 Å². The summed E-state index contributed by atoms with van der Waals surface area (Å²) in [6, 6.07) is 11.1. The van der Waals surface area contributed by atoms with E-state index in [2.05, 4.69) is 32.5 Å². The third-order valence-corrected chi connectivity index (χ3v) is 4.70. The van der Waals surface area contributed by atoms with Crippen LogP contribution in [0.2, 0.25) is 0 Å². The summed E-state index contributed by atoms with van der Waals surface area (Å²) in [5, 5.41) is 6.45. The number of halogens is 2. The number of alkyl halides is 2. The molecule has 2 aromatic rings. The van der Waals surface area contributed by atoms with Crippen LogP contribution in [0.3, 0.4) is 0 Å². The number of nitrogens with zero attached hydrogens (tertiary/aromatic N) is 1. The van der Waals surface area contributed by atoms with Crippen LogP contribution in [-0.2, 0) is 19.4 Å². The number of aliphatic imine (C=N–C) groups is 1. The zero-order valence-corrected chi connectivity index (χ0v) is 17.2. The molecule has 1 heterocycles. The van der Waals surface area contributed by atoms with E-state index in [0.717, 1.165) is 25.2 Å². The van der Waals surface area contributed by atoms with Crippen molar-refractivity contribution >= 4 is 5.96 Å². The smallest absolute Gasteiger partial charge is 0.387 e. The first-order valence-corrected chi connectivity index (χ1v) is 9.97. The van der Waals surface area contributed by atoms with E-state index < -0.39 is 6.61 Å². The Morgan fingerprint density at radius 1 is 1.20 bits per heavy atom. The van der Waals surface area contributed by atoms with Crippen molar-refractivity contribution in [1.82, 2.24) is 10.6 Å². The average Bonchev–Trinajstić information content (AvgIpc) is 3.20. The fraction of sp³-hybridized carbons (Fsp3) is 0.409. The molecule has 1 aliphatic heterocycles. The number of hydrogen-bond acceptors (Lipinski definition) is 4. The van der Waals surface area contributed by atoms with Crippen LogP contribution in [0.25, 0.3) is 0 Å². The molecule has 0 aromatic heterocycles. The molecule has 0 spiro atoms.